The highest BCUT2D eigenvalue weighted by Gasteiger charge is 2.13. The highest BCUT2D eigenvalue weighted by molar-refractivity contribution is 6.29. The number of hydrogen-bond acceptors (Lipinski definition) is 4. The molecule has 0 spiro atoms. The first kappa shape index (κ1) is 12.6. The average molecular weight is 256 g/mol. The van der Waals surface area contributed by atoms with Gasteiger partial charge < -0.3 is 10.1 Å². The first-order valence-corrected chi connectivity index (χ1v) is 6.48. The SMILES string of the molecule is Cc1nc(Cl)cc(NCCC2CCCCO2)n1. The Bertz CT molecular complexity index is 347. The molecular weight excluding hydrogens is 238 g/mol. The van der Waals surface area contributed by atoms with Crippen LogP contribution in [0.4, 0.5) is 5.82 Å². The predicted octanol–water partition coefficient (Wildman–Crippen LogP) is 2.81. The van der Waals surface area contributed by atoms with Gasteiger partial charge in [-0.2, -0.15) is 0 Å². The summed E-state index contributed by atoms with van der Waals surface area (Å²) in [5, 5.41) is 3.74. The Morgan fingerprint density at radius 1 is 1.47 bits per heavy atom. The van der Waals surface area contributed by atoms with Crippen molar-refractivity contribution in [3.63, 3.8) is 0 Å². The quantitative estimate of drug-likeness (QED) is 0.841. The summed E-state index contributed by atoms with van der Waals surface area (Å²) in [4.78, 5) is 8.29. The fraction of sp³-hybridized carbons (Fsp3) is 0.667. The Hall–Kier alpha value is -0.870. The minimum absolute atomic E-state index is 0.398. The molecule has 0 bridgehead atoms. The number of halogens is 1. The summed E-state index contributed by atoms with van der Waals surface area (Å²) < 4.78 is 5.66. The molecule has 1 saturated heterocycles. The van der Waals surface area contributed by atoms with E-state index in [1.54, 1.807) is 6.07 Å². The van der Waals surface area contributed by atoms with Gasteiger partial charge in [0.1, 0.15) is 16.8 Å². The van der Waals surface area contributed by atoms with Crippen LogP contribution in [-0.4, -0.2) is 29.2 Å². The Morgan fingerprint density at radius 3 is 3.06 bits per heavy atom. The monoisotopic (exact) mass is 255 g/mol. The Morgan fingerprint density at radius 2 is 2.35 bits per heavy atom. The fourth-order valence-electron chi connectivity index (χ4n) is 2.02. The first-order chi connectivity index (χ1) is 8.24. The smallest absolute Gasteiger partial charge is 0.134 e. The van der Waals surface area contributed by atoms with Crippen molar-refractivity contribution in [1.82, 2.24) is 9.97 Å². The second-order valence-corrected chi connectivity index (χ2v) is 4.71. The summed E-state index contributed by atoms with van der Waals surface area (Å²) >= 11 is 5.86. The molecule has 17 heavy (non-hydrogen) atoms. The van der Waals surface area contributed by atoms with Crippen molar-refractivity contribution in [2.24, 2.45) is 0 Å². The molecule has 1 unspecified atom stereocenters. The number of rotatable bonds is 4. The van der Waals surface area contributed by atoms with Crippen LogP contribution < -0.4 is 5.32 Å². The molecular formula is C12H18ClN3O. The average Bonchev–Trinajstić information content (AvgIpc) is 2.29. The van der Waals surface area contributed by atoms with Crippen LogP contribution in [0.1, 0.15) is 31.5 Å². The summed E-state index contributed by atoms with van der Waals surface area (Å²) in [6.45, 7) is 3.60. The summed E-state index contributed by atoms with van der Waals surface area (Å²) in [6, 6.07) is 1.75. The second-order valence-electron chi connectivity index (χ2n) is 4.33. The molecule has 94 valence electrons. The van der Waals surface area contributed by atoms with E-state index >= 15 is 0 Å². The van der Waals surface area contributed by atoms with Gasteiger partial charge in [0.2, 0.25) is 0 Å². The van der Waals surface area contributed by atoms with Gasteiger partial charge in [0.15, 0.2) is 0 Å². The number of hydrogen-bond donors (Lipinski definition) is 1. The Labute approximate surface area is 107 Å². The van der Waals surface area contributed by atoms with Crippen LogP contribution in [-0.2, 0) is 4.74 Å². The van der Waals surface area contributed by atoms with Crippen LogP contribution in [0.3, 0.4) is 0 Å². The molecule has 1 fully saturated rings. The van der Waals surface area contributed by atoms with E-state index in [1.165, 1.54) is 19.3 Å². The molecule has 1 aromatic heterocycles. The number of anilines is 1. The van der Waals surface area contributed by atoms with E-state index in [1.807, 2.05) is 6.92 Å². The highest BCUT2D eigenvalue weighted by atomic mass is 35.5. The van der Waals surface area contributed by atoms with Gasteiger partial charge in [-0.25, -0.2) is 9.97 Å². The van der Waals surface area contributed by atoms with Gasteiger partial charge in [-0.05, 0) is 32.6 Å². The fourth-order valence-corrected chi connectivity index (χ4v) is 2.24. The van der Waals surface area contributed by atoms with Gasteiger partial charge in [-0.15, -0.1) is 0 Å². The molecule has 0 radical (unpaired) electrons. The van der Waals surface area contributed by atoms with Crippen molar-refractivity contribution in [3.8, 4) is 0 Å². The van der Waals surface area contributed by atoms with Crippen LogP contribution >= 0.6 is 11.6 Å². The summed E-state index contributed by atoms with van der Waals surface area (Å²) in [5.74, 6) is 1.48. The van der Waals surface area contributed by atoms with Gasteiger partial charge in [-0.1, -0.05) is 11.6 Å². The lowest BCUT2D eigenvalue weighted by Gasteiger charge is -2.22. The van der Waals surface area contributed by atoms with Gasteiger partial charge in [0, 0.05) is 19.2 Å². The number of nitrogens with one attached hydrogen (secondary N) is 1. The van der Waals surface area contributed by atoms with E-state index in [-0.39, 0.29) is 0 Å². The maximum atomic E-state index is 5.86. The zero-order valence-corrected chi connectivity index (χ0v) is 10.8. The lowest BCUT2D eigenvalue weighted by atomic mass is 10.1. The van der Waals surface area contributed by atoms with Crippen LogP contribution in [0.15, 0.2) is 6.07 Å². The van der Waals surface area contributed by atoms with Gasteiger partial charge in [0.25, 0.3) is 0 Å². The van der Waals surface area contributed by atoms with E-state index < -0.39 is 0 Å². The largest absolute Gasteiger partial charge is 0.378 e. The summed E-state index contributed by atoms with van der Waals surface area (Å²) in [6.07, 6.45) is 5.06. The van der Waals surface area contributed by atoms with Crippen LogP contribution in [0.2, 0.25) is 5.15 Å². The van der Waals surface area contributed by atoms with E-state index in [0.29, 0.717) is 17.1 Å². The van der Waals surface area contributed by atoms with E-state index in [9.17, 15) is 0 Å². The lowest BCUT2D eigenvalue weighted by molar-refractivity contribution is 0.0134. The third-order valence-electron chi connectivity index (χ3n) is 2.85. The molecule has 0 saturated carbocycles. The molecule has 1 atom stereocenters. The first-order valence-electron chi connectivity index (χ1n) is 6.11. The minimum atomic E-state index is 0.398. The number of ether oxygens (including phenoxy) is 1. The molecule has 1 N–H and O–H groups in total. The lowest BCUT2D eigenvalue weighted by Crippen LogP contribution is -2.22. The zero-order chi connectivity index (χ0) is 12.1. The zero-order valence-electron chi connectivity index (χ0n) is 10.1. The molecule has 1 aliphatic heterocycles. The van der Waals surface area contributed by atoms with E-state index in [0.717, 1.165) is 25.4 Å². The van der Waals surface area contributed by atoms with E-state index in [4.69, 9.17) is 16.3 Å². The normalized spacial score (nSPS) is 20.2. The third-order valence-corrected chi connectivity index (χ3v) is 3.05. The molecule has 1 aromatic rings. The van der Waals surface area contributed by atoms with Crippen LogP contribution in [0.5, 0.6) is 0 Å². The molecule has 0 aliphatic carbocycles. The van der Waals surface area contributed by atoms with Crippen molar-refractivity contribution in [1.29, 1.82) is 0 Å². The number of aromatic nitrogens is 2. The Kier molecular flexibility index (Phi) is 4.57. The number of aryl methyl sites for hydroxylation is 1. The second kappa shape index (κ2) is 6.17. The third kappa shape index (κ3) is 4.13. The van der Waals surface area contributed by atoms with Crippen molar-refractivity contribution in [2.45, 2.75) is 38.7 Å². The van der Waals surface area contributed by atoms with Crippen LogP contribution in [0.25, 0.3) is 0 Å². The molecule has 2 rings (SSSR count). The highest BCUT2D eigenvalue weighted by Crippen LogP contribution is 2.16. The molecule has 5 heteroatoms. The van der Waals surface area contributed by atoms with Gasteiger partial charge in [-0.3, -0.25) is 0 Å². The number of nitrogens with zero attached hydrogens (tertiary/aromatic N) is 2. The van der Waals surface area contributed by atoms with E-state index in [2.05, 4.69) is 15.3 Å². The Balaban J connectivity index is 1.77. The van der Waals surface area contributed by atoms with Crippen molar-refractivity contribution >= 4 is 17.4 Å². The molecule has 4 nitrogen and oxygen atoms in total. The molecule has 1 aliphatic rings. The summed E-state index contributed by atoms with van der Waals surface area (Å²) in [7, 11) is 0. The van der Waals surface area contributed by atoms with Gasteiger partial charge >= 0.3 is 0 Å². The predicted molar refractivity (Wildman–Crippen MR) is 68.5 cm³/mol. The van der Waals surface area contributed by atoms with Crippen molar-refractivity contribution in [3.05, 3.63) is 17.0 Å². The van der Waals surface area contributed by atoms with Crippen molar-refractivity contribution in [2.75, 3.05) is 18.5 Å². The van der Waals surface area contributed by atoms with Crippen molar-refractivity contribution < 1.29 is 4.74 Å². The topological polar surface area (TPSA) is 47.0 Å². The maximum Gasteiger partial charge on any atom is 0.134 e. The maximum absolute atomic E-state index is 5.86. The van der Waals surface area contributed by atoms with Gasteiger partial charge in [0.05, 0.1) is 6.10 Å². The molecule has 0 aromatic carbocycles. The molecule has 2 heterocycles. The van der Waals surface area contributed by atoms with Crippen LogP contribution in [0, 0.1) is 6.92 Å². The standard InChI is InChI=1S/C12H18ClN3O/c1-9-15-11(13)8-12(16-9)14-6-5-10-4-2-3-7-17-10/h8,10H,2-7H2,1H3,(H,14,15,16). The summed E-state index contributed by atoms with van der Waals surface area (Å²) in [5.41, 5.74) is 0. The minimum Gasteiger partial charge on any atom is -0.378 e. The molecule has 0 amide bonds.